The first-order valence-electron chi connectivity index (χ1n) is 8.82. The van der Waals surface area contributed by atoms with E-state index in [1.165, 1.54) is 6.08 Å². The third kappa shape index (κ3) is 3.96. The molecule has 0 atom stereocenters. The lowest BCUT2D eigenvalue weighted by molar-refractivity contribution is -0.115. The van der Waals surface area contributed by atoms with Gasteiger partial charge in [-0.05, 0) is 60.5 Å². The second-order valence-corrected chi connectivity index (χ2v) is 9.73. The van der Waals surface area contributed by atoms with Crippen molar-refractivity contribution < 1.29 is 22.4 Å². The molecule has 0 saturated carbocycles. The molecule has 4 rings (SSSR count). The molecule has 3 heterocycles. The van der Waals surface area contributed by atoms with Gasteiger partial charge in [-0.15, -0.1) is 0 Å². The maximum absolute atomic E-state index is 11.8. The van der Waals surface area contributed by atoms with E-state index in [1.54, 1.807) is 18.5 Å². The summed E-state index contributed by atoms with van der Waals surface area (Å²) in [5.41, 5.74) is 4.19. The molecule has 30 heavy (non-hydrogen) atoms. The molecule has 0 radical (unpaired) electrons. The van der Waals surface area contributed by atoms with Crippen molar-refractivity contribution in [2.24, 2.45) is 0 Å². The van der Waals surface area contributed by atoms with Crippen molar-refractivity contribution >= 4 is 55.7 Å². The number of hydrogen-bond acceptors (Lipinski definition) is 7. The number of benzene rings is 1. The third-order valence-corrected chi connectivity index (χ3v) is 5.87. The number of imide groups is 1. The number of rotatable bonds is 4. The van der Waals surface area contributed by atoms with E-state index < -0.39 is 21.2 Å². The van der Waals surface area contributed by atoms with Gasteiger partial charge in [0.1, 0.15) is 11.3 Å². The number of nitrogens with zero attached hydrogens (tertiary/aromatic N) is 1. The van der Waals surface area contributed by atoms with Gasteiger partial charge in [-0.1, -0.05) is 0 Å². The smallest absolute Gasteiger partial charge is 0.290 e. The van der Waals surface area contributed by atoms with Crippen LogP contribution in [-0.2, 0) is 14.8 Å². The monoisotopic (exact) mass is 443 g/mol. The Kier molecular flexibility index (Phi) is 4.91. The molecule has 1 aliphatic heterocycles. The topological polar surface area (TPSA) is 118 Å². The maximum Gasteiger partial charge on any atom is 0.290 e. The Morgan fingerprint density at radius 3 is 2.43 bits per heavy atom. The van der Waals surface area contributed by atoms with E-state index in [4.69, 9.17) is 4.42 Å². The quantitative estimate of drug-likeness (QED) is 0.589. The number of sulfonamides is 1. The van der Waals surface area contributed by atoms with E-state index in [0.29, 0.717) is 17.0 Å². The highest BCUT2D eigenvalue weighted by Crippen LogP contribution is 2.35. The second-order valence-electron chi connectivity index (χ2n) is 6.97. The van der Waals surface area contributed by atoms with Crippen LogP contribution in [0, 0.1) is 13.8 Å². The van der Waals surface area contributed by atoms with Crippen LogP contribution in [0.5, 0.6) is 0 Å². The van der Waals surface area contributed by atoms with Gasteiger partial charge >= 0.3 is 0 Å². The standard InChI is InChI=1S/C20H17N3O5S2/c1-10-4-12(5-11(2)17(10)23-30(3,26)27)15-9-21-8-13-6-14(28-18(13)15)7-16-19(24)22-20(25)29-16/h4-9,23H,1-3H3,(H,22,24,25)/b16-7-. The highest BCUT2D eigenvalue weighted by molar-refractivity contribution is 8.18. The first kappa shape index (κ1) is 20.2. The molecule has 1 aliphatic rings. The number of fused-ring (bicyclic) bond motifs is 1. The number of nitrogens with one attached hydrogen (secondary N) is 2. The Morgan fingerprint density at radius 1 is 1.13 bits per heavy atom. The van der Waals surface area contributed by atoms with E-state index in [9.17, 15) is 18.0 Å². The van der Waals surface area contributed by atoms with Gasteiger partial charge in [0, 0.05) is 29.4 Å². The van der Waals surface area contributed by atoms with Gasteiger partial charge in [-0.25, -0.2) is 8.42 Å². The largest absolute Gasteiger partial charge is 0.456 e. The van der Waals surface area contributed by atoms with Crippen LogP contribution in [0.4, 0.5) is 10.5 Å². The summed E-state index contributed by atoms with van der Waals surface area (Å²) >= 11 is 0.819. The highest BCUT2D eigenvalue weighted by Gasteiger charge is 2.25. The molecule has 1 saturated heterocycles. The summed E-state index contributed by atoms with van der Waals surface area (Å²) in [6.07, 6.45) is 5.95. The Morgan fingerprint density at radius 2 is 1.83 bits per heavy atom. The average molecular weight is 444 g/mol. The van der Waals surface area contributed by atoms with Gasteiger partial charge in [0.15, 0.2) is 0 Å². The van der Waals surface area contributed by atoms with Crippen molar-refractivity contribution in [1.29, 1.82) is 0 Å². The van der Waals surface area contributed by atoms with Crippen molar-refractivity contribution in [3.05, 3.63) is 52.4 Å². The summed E-state index contributed by atoms with van der Waals surface area (Å²) in [6, 6.07) is 5.46. The number of furan rings is 1. The zero-order valence-electron chi connectivity index (χ0n) is 16.3. The predicted octanol–water partition coefficient (Wildman–Crippen LogP) is 3.81. The molecular weight excluding hydrogens is 426 g/mol. The number of anilines is 1. The van der Waals surface area contributed by atoms with Gasteiger partial charge in [0.2, 0.25) is 10.0 Å². The van der Waals surface area contributed by atoms with Crippen molar-refractivity contribution in [3.8, 4) is 11.1 Å². The lowest BCUT2D eigenvalue weighted by atomic mass is 9.99. The van der Waals surface area contributed by atoms with Crippen LogP contribution in [0.15, 0.2) is 39.9 Å². The van der Waals surface area contributed by atoms with Gasteiger partial charge in [-0.2, -0.15) is 0 Å². The number of hydrogen-bond donors (Lipinski definition) is 2. The minimum atomic E-state index is -3.40. The van der Waals surface area contributed by atoms with E-state index in [1.807, 2.05) is 26.0 Å². The summed E-state index contributed by atoms with van der Waals surface area (Å²) in [5, 5.41) is 2.53. The summed E-state index contributed by atoms with van der Waals surface area (Å²) in [4.78, 5) is 27.7. The minimum Gasteiger partial charge on any atom is -0.456 e. The van der Waals surface area contributed by atoms with Gasteiger partial charge in [-0.3, -0.25) is 24.6 Å². The van der Waals surface area contributed by atoms with Crippen molar-refractivity contribution in [1.82, 2.24) is 10.3 Å². The number of amides is 2. The molecule has 0 spiro atoms. The molecule has 154 valence electrons. The zero-order chi connectivity index (χ0) is 21.6. The van der Waals surface area contributed by atoms with Gasteiger partial charge in [0.25, 0.3) is 11.1 Å². The van der Waals surface area contributed by atoms with E-state index >= 15 is 0 Å². The number of aryl methyl sites for hydroxylation is 2. The number of carbonyl (C=O) groups excluding carboxylic acids is 2. The molecule has 0 aliphatic carbocycles. The summed E-state index contributed by atoms with van der Waals surface area (Å²) < 4.78 is 31.8. The minimum absolute atomic E-state index is 0.261. The molecule has 10 heteroatoms. The lowest BCUT2D eigenvalue weighted by Gasteiger charge is -2.13. The number of aromatic nitrogens is 1. The molecular formula is C20H17N3O5S2. The van der Waals surface area contributed by atoms with Crippen molar-refractivity contribution in [2.45, 2.75) is 13.8 Å². The van der Waals surface area contributed by atoms with E-state index in [-0.39, 0.29) is 4.91 Å². The number of pyridine rings is 1. The van der Waals surface area contributed by atoms with Crippen LogP contribution < -0.4 is 10.0 Å². The molecule has 2 aromatic heterocycles. The normalized spacial score (nSPS) is 15.8. The third-order valence-electron chi connectivity index (χ3n) is 4.49. The molecule has 2 amide bonds. The van der Waals surface area contributed by atoms with Gasteiger partial charge in [0.05, 0.1) is 16.8 Å². The van der Waals surface area contributed by atoms with E-state index in [2.05, 4.69) is 15.0 Å². The van der Waals surface area contributed by atoms with E-state index in [0.717, 1.165) is 45.7 Å². The SMILES string of the molecule is Cc1cc(-c2cncc3cc(/C=C4\SC(=O)NC4=O)oc23)cc(C)c1NS(C)(=O)=O. The zero-order valence-corrected chi connectivity index (χ0v) is 17.9. The van der Waals surface area contributed by atoms with Crippen LogP contribution in [0.2, 0.25) is 0 Å². The predicted molar refractivity (Wildman–Crippen MR) is 116 cm³/mol. The molecule has 0 bridgehead atoms. The van der Waals surface area contributed by atoms with Crippen molar-refractivity contribution in [3.63, 3.8) is 0 Å². The molecule has 0 unspecified atom stereocenters. The molecule has 1 aromatic carbocycles. The highest BCUT2D eigenvalue weighted by atomic mass is 32.2. The molecule has 8 nitrogen and oxygen atoms in total. The Balaban J connectivity index is 1.79. The summed E-state index contributed by atoms with van der Waals surface area (Å²) in [5.74, 6) is -0.0283. The van der Waals surface area contributed by atoms with Crippen molar-refractivity contribution in [2.75, 3.05) is 11.0 Å². The number of thioether (sulfide) groups is 1. The van der Waals surface area contributed by atoms with Crippen LogP contribution in [0.25, 0.3) is 28.2 Å². The van der Waals surface area contributed by atoms with Crippen LogP contribution in [0.1, 0.15) is 16.9 Å². The summed E-state index contributed by atoms with van der Waals surface area (Å²) in [7, 11) is -3.40. The van der Waals surface area contributed by atoms with Crippen LogP contribution >= 0.6 is 11.8 Å². The fourth-order valence-electron chi connectivity index (χ4n) is 3.27. The molecule has 2 N–H and O–H groups in total. The second kappa shape index (κ2) is 7.29. The fraction of sp³-hybridized carbons (Fsp3) is 0.150. The fourth-order valence-corrected chi connectivity index (χ4v) is 4.63. The molecule has 3 aromatic rings. The Hall–Kier alpha value is -3.11. The lowest BCUT2D eigenvalue weighted by Crippen LogP contribution is -2.17. The first-order chi connectivity index (χ1) is 14.1. The Bertz CT molecular complexity index is 1330. The maximum atomic E-state index is 11.8. The van der Waals surface area contributed by atoms with Crippen LogP contribution in [-0.4, -0.2) is 30.8 Å². The van der Waals surface area contributed by atoms with Gasteiger partial charge < -0.3 is 4.42 Å². The Labute approximate surface area is 176 Å². The first-order valence-corrected chi connectivity index (χ1v) is 11.5. The average Bonchev–Trinajstić information content (AvgIpc) is 3.19. The van der Waals surface area contributed by atoms with Crippen LogP contribution in [0.3, 0.4) is 0 Å². The number of carbonyl (C=O) groups is 2. The molecule has 1 fully saturated rings. The summed E-state index contributed by atoms with van der Waals surface area (Å²) in [6.45, 7) is 3.64.